The molecule has 0 aliphatic heterocycles. The molecular weight excluding hydrogens is 256 g/mol. The van der Waals surface area contributed by atoms with Crippen molar-refractivity contribution in [3.05, 3.63) is 50.8 Å². The van der Waals surface area contributed by atoms with Crippen LogP contribution in [-0.4, -0.2) is 14.7 Å². The first-order valence-electron chi connectivity index (χ1n) is 4.93. The minimum Gasteiger partial charge on any atom is -0.258 e. The minimum atomic E-state index is -0.597. The lowest BCUT2D eigenvalue weighted by Crippen LogP contribution is -1.98. The Morgan fingerprint density at radius 2 is 2.28 bits per heavy atom. The van der Waals surface area contributed by atoms with Crippen molar-refractivity contribution in [2.24, 2.45) is 0 Å². The molecule has 18 heavy (non-hydrogen) atoms. The molecule has 1 heterocycles. The van der Waals surface area contributed by atoms with E-state index in [1.807, 2.05) is 0 Å². The zero-order valence-electron chi connectivity index (χ0n) is 9.29. The molecule has 0 fully saturated rings. The summed E-state index contributed by atoms with van der Waals surface area (Å²) in [6, 6.07) is 6.03. The van der Waals surface area contributed by atoms with Crippen molar-refractivity contribution in [2.45, 2.75) is 6.92 Å². The fourth-order valence-corrected chi connectivity index (χ4v) is 1.61. The highest BCUT2D eigenvalue weighted by Crippen LogP contribution is 2.23. The maximum atomic E-state index is 10.8. The lowest BCUT2D eigenvalue weighted by molar-refractivity contribution is -0.385. The van der Waals surface area contributed by atoms with Crippen LogP contribution in [0.2, 0.25) is 5.02 Å². The minimum absolute atomic E-state index is 0.0127. The van der Waals surface area contributed by atoms with Crippen LogP contribution in [0.25, 0.3) is 5.69 Å². The molecule has 90 valence electrons. The van der Waals surface area contributed by atoms with Gasteiger partial charge in [0, 0.05) is 12.3 Å². The zero-order chi connectivity index (χ0) is 13.3. The van der Waals surface area contributed by atoms with Crippen LogP contribution in [0.5, 0.6) is 0 Å². The number of nitrogens with zero attached hydrogens (tertiary/aromatic N) is 4. The van der Waals surface area contributed by atoms with Crippen molar-refractivity contribution in [2.75, 3.05) is 0 Å². The van der Waals surface area contributed by atoms with Crippen LogP contribution >= 0.6 is 11.6 Å². The fraction of sp³-hybridized carbons (Fsp3) is 0.0909. The van der Waals surface area contributed by atoms with Crippen LogP contribution in [0.15, 0.2) is 24.4 Å². The molecule has 0 saturated carbocycles. The first-order valence-corrected chi connectivity index (χ1v) is 5.31. The molecule has 0 aliphatic rings. The predicted molar refractivity (Wildman–Crippen MR) is 64.7 cm³/mol. The van der Waals surface area contributed by atoms with Crippen LogP contribution < -0.4 is 0 Å². The first kappa shape index (κ1) is 12.1. The van der Waals surface area contributed by atoms with Gasteiger partial charge in [-0.25, -0.2) is 4.68 Å². The number of benzene rings is 1. The number of aryl methyl sites for hydroxylation is 1. The fourth-order valence-electron chi connectivity index (χ4n) is 1.48. The van der Waals surface area contributed by atoms with Crippen LogP contribution in [0.3, 0.4) is 0 Å². The second-order valence-electron chi connectivity index (χ2n) is 3.58. The quantitative estimate of drug-likeness (QED) is 0.615. The van der Waals surface area contributed by atoms with Crippen molar-refractivity contribution in [1.29, 1.82) is 5.26 Å². The van der Waals surface area contributed by atoms with E-state index in [1.54, 1.807) is 25.3 Å². The summed E-state index contributed by atoms with van der Waals surface area (Å²) in [5, 5.41) is 24.2. The summed E-state index contributed by atoms with van der Waals surface area (Å²) in [5.41, 5.74) is 0.873. The molecule has 0 N–H and O–H groups in total. The average Bonchev–Trinajstić information content (AvgIpc) is 2.68. The van der Waals surface area contributed by atoms with E-state index >= 15 is 0 Å². The van der Waals surface area contributed by atoms with Crippen molar-refractivity contribution in [1.82, 2.24) is 9.78 Å². The third-order valence-electron chi connectivity index (χ3n) is 2.40. The maximum absolute atomic E-state index is 10.8. The Bertz CT molecular complexity index is 653. The average molecular weight is 263 g/mol. The maximum Gasteiger partial charge on any atom is 0.289 e. The third kappa shape index (κ3) is 2.04. The second-order valence-corrected chi connectivity index (χ2v) is 3.98. The number of aromatic nitrogens is 2. The van der Waals surface area contributed by atoms with E-state index in [0.29, 0.717) is 16.4 Å². The Kier molecular flexibility index (Phi) is 3.00. The lowest BCUT2D eigenvalue weighted by atomic mass is 10.2. The number of nitro groups is 1. The summed E-state index contributed by atoms with van der Waals surface area (Å²) < 4.78 is 1.44. The van der Waals surface area contributed by atoms with Gasteiger partial charge in [0.15, 0.2) is 0 Å². The van der Waals surface area contributed by atoms with Gasteiger partial charge in [0.05, 0.1) is 21.3 Å². The summed E-state index contributed by atoms with van der Waals surface area (Å²) in [5.74, 6) is 0. The van der Waals surface area contributed by atoms with Gasteiger partial charge in [0.25, 0.3) is 5.69 Å². The van der Waals surface area contributed by atoms with E-state index in [9.17, 15) is 10.1 Å². The molecule has 0 amide bonds. The molecule has 6 nitrogen and oxygen atoms in total. The number of hydrogen-bond donors (Lipinski definition) is 0. The van der Waals surface area contributed by atoms with Crippen molar-refractivity contribution >= 4 is 17.3 Å². The lowest BCUT2D eigenvalue weighted by Gasteiger charge is -2.01. The van der Waals surface area contributed by atoms with Crippen LogP contribution in [0, 0.1) is 28.4 Å². The Morgan fingerprint density at radius 3 is 2.78 bits per heavy atom. The molecule has 2 aromatic rings. The standard InChI is InChI=1S/C11H7ClN4O2/c1-7-10(12)6-15(14-7)9-3-2-8(5-13)11(4-9)16(17)18/h2-4,6H,1H3. The summed E-state index contributed by atoms with van der Waals surface area (Å²) in [6.45, 7) is 1.73. The summed E-state index contributed by atoms with van der Waals surface area (Å²) in [4.78, 5) is 10.2. The molecule has 0 bridgehead atoms. The van der Waals surface area contributed by atoms with Gasteiger partial charge in [-0.1, -0.05) is 11.6 Å². The Hall–Kier alpha value is -2.39. The van der Waals surface area contributed by atoms with Gasteiger partial charge in [-0.15, -0.1) is 0 Å². The molecule has 0 saturated heterocycles. The second kappa shape index (κ2) is 4.47. The summed E-state index contributed by atoms with van der Waals surface area (Å²) in [7, 11) is 0. The molecule has 0 aliphatic carbocycles. The molecule has 0 spiro atoms. The number of halogens is 1. The Morgan fingerprint density at radius 1 is 1.56 bits per heavy atom. The number of rotatable bonds is 2. The van der Waals surface area contributed by atoms with E-state index in [2.05, 4.69) is 5.10 Å². The number of nitriles is 1. The first-order chi connectivity index (χ1) is 8.52. The van der Waals surface area contributed by atoms with Crippen molar-refractivity contribution in [3.8, 4) is 11.8 Å². The summed E-state index contributed by atoms with van der Waals surface area (Å²) in [6.07, 6.45) is 1.56. The topological polar surface area (TPSA) is 84.8 Å². The molecule has 0 atom stereocenters. The highest BCUT2D eigenvalue weighted by molar-refractivity contribution is 6.31. The van der Waals surface area contributed by atoms with Gasteiger partial charge in [0.1, 0.15) is 11.6 Å². The van der Waals surface area contributed by atoms with E-state index in [-0.39, 0.29) is 11.3 Å². The smallest absolute Gasteiger partial charge is 0.258 e. The highest BCUT2D eigenvalue weighted by atomic mass is 35.5. The van der Waals surface area contributed by atoms with E-state index < -0.39 is 4.92 Å². The molecule has 0 unspecified atom stereocenters. The number of nitro benzene ring substituents is 1. The van der Waals surface area contributed by atoms with Gasteiger partial charge >= 0.3 is 0 Å². The van der Waals surface area contributed by atoms with Crippen LogP contribution in [0.1, 0.15) is 11.3 Å². The van der Waals surface area contributed by atoms with E-state index in [0.717, 1.165) is 0 Å². The molecule has 1 aromatic heterocycles. The SMILES string of the molecule is Cc1nn(-c2ccc(C#N)c([N+](=O)[O-])c2)cc1Cl. The molecule has 7 heteroatoms. The van der Waals surface area contributed by atoms with Crippen LogP contribution in [-0.2, 0) is 0 Å². The van der Waals surface area contributed by atoms with E-state index in [1.165, 1.54) is 16.8 Å². The summed E-state index contributed by atoms with van der Waals surface area (Å²) >= 11 is 5.87. The van der Waals surface area contributed by atoms with Crippen molar-refractivity contribution in [3.63, 3.8) is 0 Å². The van der Waals surface area contributed by atoms with Gasteiger partial charge in [-0.2, -0.15) is 10.4 Å². The van der Waals surface area contributed by atoms with Gasteiger partial charge in [-0.05, 0) is 19.1 Å². The van der Waals surface area contributed by atoms with Crippen molar-refractivity contribution < 1.29 is 4.92 Å². The Balaban J connectivity index is 2.57. The molecule has 0 radical (unpaired) electrons. The van der Waals surface area contributed by atoms with Gasteiger partial charge in [-0.3, -0.25) is 10.1 Å². The predicted octanol–water partition coefficient (Wildman–Crippen LogP) is 2.61. The Labute approximate surface area is 107 Å². The normalized spacial score (nSPS) is 10.1. The number of hydrogen-bond acceptors (Lipinski definition) is 4. The molecular formula is C11H7ClN4O2. The monoisotopic (exact) mass is 262 g/mol. The van der Waals surface area contributed by atoms with Crippen LogP contribution in [0.4, 0.5) is 5.69 Å². The molecule has 1 aromatic carbocycles. The van der Waals surface area contributed by atoms with Gasteiger partial charge in [0.2, 0.25) is 0 Å². The van der Waals surface area contributed by atoms with E-state index in [4.69, 9.17) is 16.9 Å². The largest absolute Gasteiger partial charge is 0.289 e. The third-order valence-corrected chi connectivity index (χ3v) is 2.77. The van der Waals surface area contributed by atoms with Gasteiger partial charge < -0.3 is 0 Å². The highest BCUT2D eigenvalue weighted by Gasteiger charge is 2.15. The zero-order valence-corrected chi connectivity index (χ0v) is 10.0. The molecule has 2 rings (SSSR count).